The molecule has 0 aliphatic rings. The number of hydrogen-bond acceptors (Lipinski definition) is 7. The standard InChI is InChI=1S/C28H39F3N6O6S/c1-16(38)32-22-33-19(20(44-22)15-36(8)21(39)27(29,30)31)14-11-17-9-12-18(13-10-17)34-28(25(2,3)4,35-23(40)41)37(24(42)43)26(5,6)7/h9-10,12-13,34-35H,11,14-15H2,1-8H3,(H,40,41)(H,42,43)(H,32,33,38). The van der Waals surface area contributed by atoms with E-state index >= 15 is 0 Å². The summed E-state index contributed by atoms with van der Waals surface area (Å²) in [5.41, 5.74) is -0.379. The first-order chi connectivity index (χ1) is 20.0. The number of alkyl halides is 3. The van der Waals surface area contributed by atoms with Crippen LogP contribution in [-0.2, 0) is 29.0 Å². The number of amides is 4. The smallest absolute Gasteiger partial charge is 0.465 e. The van der Waals surface area contributed by atoms with Gasteiger partial charge in [0.25, 0.3) is 0 Å². The Morgan fingerprint density at radius 2 is 1.52 bits per heavy atom. The van der Waals surface area contributed by atoms with Crippen molar-refractivity contribution in [1.29, 1.82) is 0 Å². The summed E-state index contributed by atoms with van der Waals surface area (Å²) in [4.78, 5) is 53.9. The fraction of sp³-hybridized carbons (Fsp3) is 0.536. The van der Waals surface area contributed by atoms with Gasteiger partial charge in [0.15, 0.2) is 5.13 Å². The largest absolute Gasteiger partial charge is 0.471 e. The average molecular weight is 645 g/mol. The molecule has 2 rings (SSSR count). The molecule has 0 spiro atoms. The molecule has 1 aromatic carbocycles. The minimum Gasteiger partial charge on any atom is -0.465 e. The van der Waals surface area contributed by atoms with E-state index in [1.54, 1.807) is 65.8 Å². The van der Waals surface area contributed by atoms with Crippen molar-refractivity contribution in [2.24, 2.45) is 5.41 Å². The molecule has 2 aromatic rings. The second kappa shape index (κ2) is 13.3. The predicted molar refractivity (Wildman–Crippen MR) is 159 cm³/mol. The number of carbonyl (C=O) groups excluding carboxylic acids is 2. The molecule has 0 saturated carbocycles. The van der Waals surface area contributed by atoms with Crippen molar-refractivity contribution in [3.63, 3.8) is 0 Å². The van der Waals surface area contributed by atoms with Crippen molar-refractivity contribution >= 4 is 46.2 Å². The topological polar surface area (TPSA) is 164 Å². The summed E-state index contributed by atoms with van der Waals surface area (Å²) in [6, 6.07) is 6.78. The number of aryl methyl sites for hydroxylation is 2. The van der Waals surface area contributed by atoms with Crippen molar-refractivity contribution < 1.29 is 42.6 Å². The summed E-state index contributed by atoms with van der Waals surface area (Å²) >= 11 is 0.980. The lowest BCUT2D eigenvalue weighted by molar-refractivity contribution is -0.184. The first-order valence-corrected chi connectivity index (χ1v) is 14.3. The Kier molecular flexibility index (Phi) is 10.9. The minimum atomic E-state index is -5.03. The number of nitrogens with zero attached hydrogens (tertiary/aromatic N) is 3. The van der Waals surface area contributed by atoms with E-state index in [0.717, 1.165) is 28.8 Å². The van der Waals surface area contributed by atoms with E-state index in [2.05, 4.69) is 20.9 Å². The van der Waals surface area contributed by atoms with Crippen LogP contribution >= 0.6 is 11.3 Å². The van der Waals surface area contributed by atoms with Crippen LogP contribution in [0.25, 0.3) is 0 Å². The second-order valence-corrected chi connectivity index (χ2v) is 13.3. The SMILES string of the molecule is CC(=O)Nc1nc(CCc2ccc(NC(NC(=O)O)(N(C(=O)O)C(C)(C)C)C(C)(C)C)cc2)c(CN(C)C(=O)C(F)(F)F)s1. The van der Waals surface area contributed by atoms with Crippen LogP contribution in [0.3, 0.4) is 0 Å². The first-order valence-electron chi connectivity index (χ1n) is 13.5. The van der Waals surface area contributed by atoms with Gasteiger partial charge in [0.2, 0.25) is 11.7 Å². The van der Waals surface area contributed by atoms with Crippen LogP contribution in [0.5, 0.6) is 0 Å². The van der Waals surface area contributed by atoms with Crippen LogP contribution < -0.4 is 16.0 Å². The number of halogens is 3. The summed E-state index contributed by atoms with van der Waals surface area (Å²) in [6.07, 6.45) is -7.15. The van der Waals surface area contributed by atoms with Crippen LogP contribution in [0.1, 0.15) is 64.6 Å². The molecule has 1 aromatic heterocycles. The summed E-state index contributed by atoms with van der Waals surface area (Å²) in [6.45, 7) is 11.0. The molecule has 5 N–H and O–H groups in total. The Balaban J connectivity index is 2.37. The summed E-state index contributed by atoms with van der Waals surface area (Å²) in [5, 5.41) is 28.1. The molecule has 0 bridgehead atoms. The van der Waals surface area contributed by atoms with Gasteiger partial charge >= 0.3 is 24.3 Å². The van der Waals surface area contributed by atoms with E-state index < -0.39 is 46.9 Å². The van der Waals surface area contributed by atoms with Gasteiger partial charge in [0, 0.05) is 35.5 Å². The van der Waals surface area contributed by atoms with Gasteiger partial charge in [-0.25, -0.2) is 14.6 Å². The molecule has 1 unspecified atom stereocenters. The van der Waals surface area contributed by atoms with Gasteiger partial charge in [-0.1, -0.05) is 44.2 Å². The molecule has 1 atom stereocenters. The molecule has 44 heavy (non-hydrogen) atoms. The van der Waals surface area contributed by atoms with E-state index in [4.69, 9.17) is 0 Å². The molecule has 0 radical (unpaired) electrons. The Bertz CT molecular complexity index is 1370. The number of nitrogens with one attached hydrogen (secondary N) is 3. The molecular weight excluding hydrogens is 605 g/mol. The number of thiazole rings is 1. The number of benzene rings is 1. The van der Waals surface area contributed by atoms with Gasteiger partial charge in [-0.15, -0.1) is 0 Å². The average Bonchev–Trinajstić information content (AvgIpc) is 3.20. The Labute approximate surface area is 257 Å². The molecule has 0 aliphatic heterocycles. The van der Waals surface area contributed by atoms with Gasteiger partial charge in [-0.05, 0) is 51.3 Å². The fourth-order valence-corrected chi connectivity index (χ4v) is 5.69. The molecule has 0 saturated heterocycles. The molecule has 0 aliphatic carbocycles. The summed E-state index contributed by atoms with van der Waals surface area (Å²) in [7, 11) is 1.03. The summed E-state index contributed by atoms with van der Waals surface area (Å²) < 4.78 is 38.8. The quantitative estimate of drug-likeness (QED) is 0.210. The Morgan fingerprint density at radius 3 is 1.95 bits per heavy atom. The van der Waals surface area contributed by atoms with E-state index in [9.17, 15) is 42.6 Å². The van der Waals surface area contributed by atoms with Crippen molar-refractivity contribution in [3.05, 3.63) is 40.4 Å². The van der Waals surface area contributed by atoms with Crippen molar-refractivity contribution in [1.82, 2.24) is 20.1 Å². The van der Waals surface area contributed by atoms with Crippen LogP contribution in [0, 0.1) is 5.41 Å². The number of hydrogen-bond donors (Lipinski definition) is 5. The normalized spacial score (nSPS) is 13.4. The number of rotatable bonds is 10. The Hall–Kier alpha value is -4.08. The van der Waals surface area contributed by atoms with Gasteiger partial charge in [-0.3, -0.25) is 19.8 Å². The lowest BCUT2D eigenvalue weighted by atomic mass is 9.82. The van der Waals surface area contributed by atoms with E-state index in [1.165, 1.54) is 6.92 Å². The maximum atomic E-state index is 12.9. The molecule has 16 heteroatoms. The van der Waals surface area contributed by atoms with Crippen LogP contribution in [0.4, 0.5) is 33.6 Å². The molecule has 0 fully saturated rings. The highest BCUT2D eigenvalue weighted by molar-refractivity contribution is 7.15. The van der Waals surface area contributed by atoms with E-state index in [1.807, 2.05) is 0 Å². The third kappa shape index (κ3) is 8.97. The third-order valence-corrected chi connectivity index (χ3v) is 7.53. The van der Waals surface area contributed by atoms with Crippen LogP contribution in [-0.4, -0.2) is 73.5 Å². The lowest BCUT2D eigenvalue weighted by Gasteiger charge is -2.55. The highest BCUT2D eigenvalue weighted by atomic mass is 32.1. The zero-order valence-corrected chi connectivity index (χ0v) is 26.7. The number of carboxylic acid groups (broad SMARTS) is 2. The third-order valence-electron chi connectivity index (χ3n) is 6.53. The highest BCUT2D eigenvalue weighted by Gasteiger charge is 2.54. The van der Waals surface area contributed by atoms with Crippen molar-refractivity contribution in [2.75, 3.05) is 17.7 Å². The van der Waals surface area contributed by atoms with Crippen molar-refractivity contribution in [3.8, 4) is 0 Å². The molecule has 4 amide bonds. The van der Waals surface area contributed by atoms with Gasteiger partial charge < -0.3 is 25.7 Å². The maximum Gasteiger partial charge on any atom is 0.471 e. The van der Waals surface area contributed by atoms with E-state index in [0.29, 0.717) is 27.6 Å². The van der Waals surface area contributed by atoms with Gasteiger partial charge in [0.1, 0.15) is 0 Å². The fourth-order valence-electron chi connectivity index (χ4n) is 4.58. The van der Waals surface area contributed by atoms with Gasteiger partial charge in [0.05, 0.1) is 12.2 Å². The zero-order chi connectivity index (χ0) is 33.8. The molecule has 1 heterocycles. The molecule has 244 valence electrons. The highest BCUT2D eigenvalue weighted by Crippen LogP contribution is 2.39. The van der Waals surface area contributed by atoms with E-state index in [-0.39, 0.29) is 18.1 Å². The summed E-state index contributed by atoms with van der Waals surface area (Å²) in [5.74, 6) is -4.20. The Morgan fingerprint density at radius 1 is 0.955 bits per heavy atom. The minimum absolute atomic E-state index is 0.196. The number of anilines is 2. The first kappa shape index (κ1) is 36.1. The van der Waals surface area contributed by atoms with Crippen LogP contribution in [0.15, 0.2) is 24.3 Å². The molecule has 12 nitrogen and oxygen atoms in total. The van der Waals surface area contributed by atoms with Crippen LogP contribution in [0.2, 0.25) is 0 Å². The zero-order valence-electron chi connectivity index (χ0n) is 25.8. The van der Waals surface area contributed by atoms with Gasteiger partial charge in [-0.2, -0.15) is 13.2 Å². The number of aromatic nitrogens is 1. The maximum absolute atomic E-state index is 12.9. The molecular formula is C28H39F3N6O6S. The second-order valence-electron chi connectivity index (χ2n) is 12.2. The number of carbonyl (C=O) groups is 4. The lowest BCUT2D eigenvalue weighted by Crippen LogP contribution is -2.76. The van der Waals surface area contributed by atoms with Crippen molar-refractivity contribution in [2.45, 2.75) is 85.4 Å². The predicted octanol–water partition coefficient (Wildman–Crippen LogP) is 5.57. The monoisotopic (exact) mass is 644 g/mol.